The molecule has 0 fully saturated rings. The van der Waals surface area contributed by atoms with Gasteiger partial charge in [-0.2, -0.15) is 0 Å². The van der Waals surface area contributed by atoms with E-state index in [0.29, 0.717) is 30.2 Å². The number of aryl methyl sites for hydroxylation is 1. The largest absolute Gasteiger partial charge is 0.492 e. The first-order chi connectivity index (χ1) is 10.1. The lowest BCUT2D eigenvalue weighted by atomic mass is 10.2. The van der Waals surface area contributed by atoms with E-state index in [4.69, 9.17) is 10.6 Å². The second kappa shape index (κ2) is 6.67. The predicted molar refractivity (Wildman–Crippen MR) is 76.8 cm³/mol. The Hall–Kier alpha value is -2.67. The van der Waals surface area contributed by atoms with Gasteiger partial charge < -0.3 is 4.74 Å². The molecule has 1 heterocycles. The molecular weight excluding hydrogens is 272 g/mol. The maximum atomic E-state index is 11.7. The van der Waals surface area contributed by atoms with Gasteiger partial charge in [0.2, 0.25) is 0 Å². The Morgan fingerprint density at radius 2 is 2.24 bits per heavy atom. The van der Waals surface area contributed by atoms with E-state index in [9.17, 15) is 9.59 Å². The molecule has 0 saturated heterocycles. The molecule has 21 heavy (non-hydrogen) atoms. The molecule has 1 amide bonds. The number of hydrazine groups is 1. The molecular formula is C14H16N4O3. The molecule has 2 aromatic rings. The third-order valence-corrected chi connectivity index (χ3v) is 2.84. The Balaban J connectivity index is 1.97. The highest BCUT2D eigenvalue weighted by atomic mass is 16.5. The molecule has 0 spiro atoms. The number of benzene rings is 1. The average molecular weight is 288 g/mol. The van der Waals surface area contributed by atoms with E-state index in [1.54, 1.807) is 31.2 Å². The highest BCUT2D eigenvalue weighted by Gasteiger charge is 2.04. The fourth-order valence-electron chi connectivity index (χ4n) is 1.76. The standard InChI is InChI=1S/C14H16N4O3/c1-10-7-13(19)18(9-16-10)5-6-21-12-4-2-3-11(8-12)14(20)17-15/h2-4,7-9H,5-6,15H2,1H3,(H,17,20). The minimum Gasteiger partial charge on any atom is -0.492 e. The van der Waals surface area contributed by atoms with Gasteiger partial charge in [0.25, 0.3) is 11.5 Å². The molecule has 110 valence electrons. The Labute approximate surface area is 121 Å². The summed E-state index contributed by atoms with van der Waals surface area (Å²) in [7, 11) is 0. The lowest BCUT2D eigenvalue weighted by Gasteiger charge is -2.09. The molecule has 0 atom stereocenters. The molecule has 3 N–H and O–H groups in total. The monoisotopic (exact) mass is 288 g/mol. The number of nitrogens with one attached hydrogen (secondary N) is 1. The summed E-state index contributed by atoms with van der Waals surface area (Å²) in [6, 6.07) is 8.09. The minimum atomic E-state index is -0.389. The Morgan fingerprint density at radius 3 is 2.95 bits per heavy atom. The van der Waals surface area contributed by atoms with Crippen molar-refractivity contribution in [1.82, 2.24) is 15.0 Å². The van der Waals surface area contributed by atoms with Crippen molar-refractivity contribution in [1.29, 1.82) is 0 Å². The maximum absolute atomic E-state index is 11.7. The predicted octanol–water partition coefficient (Wildman–Crippen LogP) is 0.234. The van der Waals surface area contributed by atoms with Gasteiger partial charge in [0.15, 0.2) is 0 Å². The van der Waals surface area contributed by atoms with Crippen LogP contribution < -0.4 is 21.6 Å². The number of aromatic nitrogens is 2. The Bertz CT molecular complexity index is 697. The minimum absolute atomic E-state index is 0.123. The highest BCUT2D eigenvalue weighted by molar-refractivity contribution is 5.94. The Morgan fingerprint density at radius 1 is 1.43 bits per heavy atom. The summed E-state index contributed by atoms with van der Waals surface area (Å²) in [5.74, 6) is 5.22. The molecule has 2 rings (SSSR count). The smallest absolute Gasteiger partial charge is 0.265 e. The van der Waals surface area contributed by atoms with Crippen LogP contribution in [0.3, 0.4) is 0 Å². The average Bonchev–Trinajstić information content (AvgIpc) is 2.49. The fourth-order valence-corrected chi connectivity index (χ4v) is 1.76. The molecule has 0 radical (unpaired) electrons. The van der Waals surface area contributed by atoms with Gasteiger partial charge in [-0.05, 0) is 25.1 Å². The highest BCUT2D eigenvalue weighted by Crippen LogP contribution is 2.13. The van der Waals surface area contributed by atoms with E-state index in [1.807, 2.05) is 0 Å². The molecule has 0 saturated carbocycles. The topological polar surface area (TPSA) is 99.2 Å². The fraction of sp³-hybridized carbons (Fsp3) is 0.214. The van der Waals surface area contributed by atoms with Gasteiger partial charge in [-0.25, -0.2) is 10.8 Å². The number of hydrogen-bond donors (Lipinski definition) is 2. The summed E-state index contributed by atoms with van der Waals surface area (Å²) >= 11 is 0. The first-order valence-electron chi connectivity index (χ1n) is 6.37. The Kier molecular flexibility index (Phi) is 4.68. The van der Waals surface area contributed by atoms with E-state index in [2.05, 4.69) is 10.4 Å². The molecule has 0 aliphatic rings. The van der Waals surface area contributed by atoms with Gasteiger partial charge in [0.05, 0.1) is 12.9 Å². The van der Waals surface area contributed by atoms with Crippen LogP contribution in [0, 0.1) is 6.92 Å². The SMILES string of the molecule is Cc1cc(=O)n(CCOc2cccc(C(=O)NN)c2)cn1. The number of carbonyl (C=O) groups is 1. The summed E-state index contributed by atoms with van der Waals surface area (Å²) < 4.78 is 6.98. The second-order valence-electron chi connectivity index (χ2n) is 4.41. The number of amides is 1. The van der Waals surface area contributed by atoms with Crippen molar-refractivity contribution in [3.63, 3.8) is 0 Å². The van der Waals surface area contributed by atoms with Crippen LogP contribution in [0.1, 0.15) is 16.1 Å². The van der Waals surface area contributed by atoms with E-state index in [1.165, 1.54) is 17.0 Å². The third kappa shape index (κ3) is 3.90. The number of carbonyl (C=O) groups excluding carboxylic acids is 1. The van der Waals surface area contributed by atoms with Gasteiger partial charge in [0, 0.05) is 17.3 Å². The van der Waals surface area contributed by atoms with E-state index in [-0.39, 0.29) is 11.5 Å². The van der Waals surface area contributed by atoms with Crippen molar-refractivity contribution in [2.45, 2.75) is 13.5 Å². The summed E-state index contributed by atoms with van der Waals surface area (Å²) in [5.41, 5.74) is 3.02. The number of nitrogen functional groups attached to an aromatic ring is 1. The lowest BCUT2D eigenvalue weighted by Crippen LogP contribution is -2.29. The van der Waals surface area contributed by atoms with Gasteiger partial charge in [-0.3, -0.25) is 19.6 Å². The van der Waals surface area contributed by atoms with E-state index in [0.717, 1.165) is 0 Å². The molecule has 7 heteroatoms. The number of hydrogen-bond acceptors (Lipinski definition) is 5. The van der Waals surface area contributed by atoms with Gasteiger partial charge >= 0.3 is 0 Å². The van der Waals surface area contributed by atoms with Gasteiger partial charge in [0.1, 0.15) is 12.4 Å². The van der Waals surface area contributed by atoms with Crippen molar-refractivity contribution < 1.29 is 9.53 Å². The maximum Gasteiger partial charge on any atom is 0.265 e. The van der Waals surface area contributed by atoms with Crippen LogP contribution in [0.15, 0.2) is 41.5 Å². The first-order valence-corrected chi connectivity index (χ1v) is 6.37. The van der Waals surface area contributed by atoms with E-state index < -0.39 is 0 Å². The second-order valence-corrected chi connectivity index (χ2v) is 4.41. The zero-order valence-electron chi connectivity index (χ0n) is 11.6. The molecule has 7 nitrogen and oxygen atoms in total. The third-order valence-electron chi connectivity index (χ3n) is 2.84. The van der Waals surface area contributed by atoms with Crippen LogP contribution in [-0.4, -0.2) is 22.1 Å². The van der Waals surface area contributed by atoms with Gasteiger partial charge in [-0.15, -0.1) is 0 Å². The van der Waals surface area contributed by atoms with E-state index >= 15 is 0 Å². The number of nitrogens with two attached hydrogens (primary N) is 1. The lowest BCUT2D eigenvalue weighted by molar-refractivity contribution is 0.0953. The quantitative estimate of drug-likeness (QED) is 0.466. The van der Waals surface area contributed by atoms with Crippen LogP contribution in [-0.2, 0) is 6.54 Å². The van der Waals surface area contributed by atoms with Crippen molar-refractivity contribution in [2.75, 3.05) is 6.61 Å². The zero-order chi connectivity index (χ0) is 15.2. The summed E-state index contributed by atoms with van der Waals surface area (Å²) in [5, 5.41) is 0. The summed E-state index contributed by atoms with van der Waals surface area (Å²) in [4.78, 5) is 27.1. The number of rotatable bonds is 5. The van der Waals surface area contributed by atoms with Crippen LogP contribution in [0.2, 0.25) is 0 Å². The summed E-state index contributed by atoms with van der Waals surface area (Å²) in [6.07, 6.45) is 1.49. The first kappa shape index (κ1) is 14.7. The molecule has 0 aliphatic carbocycles. The molecule has 1 aromatic carbocycles. The molecule has 0 aliphatic heterocycles. The van der Waals surface area contributed by atoms with Crippen molar-refractivity contribution in [2.24, 2.45) is 5.84 Å². The molecule has 1 aromatic heterocycles. The molecule has 0 bridgehead atoms. The number of ether oxygens (including phenoxy) is 1. The van der Waals surface area contributed by atoms with Crippen LogP contribution in [0.5, 0.6) is 5.75 Å². The van der Waals surface area contributed by atoms with Crippen molar-refractivity contribution in [3.8, 4) is 5.75 Å². The molecule has 0 unspecified atom stereocenters. The van der Waals surface area contributed by atoms with Crippen LogP contribution in [0.4, 0.5) is 0 Å². The van der Waals surface area contributed by atoms with Gasteiger partial charge in [-0.1, -0.05) is 6.07 Å². The zero-order valence-corrected chi connectivity index (χ0v) is 11.6. The number of nitrogens with zero attached hydrogens (tertiary/aromatic N) is 2. The van der Waals surface area contributed by atoms with Crippen molar-refractivity contribution in [3.05, 3.63) is 58.3 Å². The van der Waals surface area contributed by atoms with Crippen LogP contribution in [0.25, 0.3) is 0 Å². The van der Waals surface area contributed by atoms with Crippen LogP contribution >= 0.6 is 0 Å². The normalized spacial score (nSPS) is 10.2. The summed E-state index contributed by atoms with van der Waals surface area (Å²) in [6.45, 7) is 2.42. The van der Waals surface area contributed by atoms with Crippen molar-refractivity contribution >= 4 is 5.91 Å².